The number of aryl methyl sites for hydroxylation is 1. The van der Waals surface area contributed by atoms with Crippen LogP contribution in [0.3, 0.4) is 0 Å². The average Bonchev–Trinajstić information content (AvgIpc) is 2.62. The molecule has 0 spiro atoms. The number of imidazole rings is 1. The number of fused-ring (bicyclic) bond motifs is 1. The summed E-state index contributed by atoms with van der Waals surface area (Å²) < 4.78 is 0. The maximum absolute atomic E-state index is 4.33. The molecule has 0 radical (unpaired) electrons. The zero-order valence-corrected chi connectivity index (χ0v) is 7.75. The van der Waals surface area contributed by atoms with E-state index in [1.165, 1.54) is 12.8 Å². The molecule has 2 aromatic heterocycles. The Labute approximate surface area is 77.2 Å². The normalized spacial score (nSPS) is 10.8. The van der Waals surface area contributed by atoms with Crippen molar-refractivity contribution in [1.82, 2.24) is 15.0 Å². The second-order valence-corrected chi connectivity index (χ2v) is 3.16. The number of aromatic nitrogens is 3. The van der Waals surface area contributed by atoms with E-state index in [4.69, 9.17) is 0 Å². The lowest BCUT2D eigenvalue weighted by Crippen LogP contribution is -1.90. The van der Waals surface area contributed by atoms with E-state index in [1.54, 1.807) is 6.33 Å². The third kappa shape index (κ3) is 1.54. The first-order valence-corrected chi connectivity index (χ1v) is 4.68. The molecule has 0 bridgehead atoms. The quantitative estimate of drug-likeness (QED) is 0.777. The van der Waals surface area contributed by atoms with Crippen molar-refractivity contribution in [1.29, 1.82) is 0 Å². The zero-order valence-electron chi connectivity index (χ0n) is 7.75. The molecule has 3 nitrogen and oxygen atoms in total. The Morgan fingerprint density at radius 2 is 2.31 bits per heavy atom. The maximum Gasteiger partial charge on any atom is 0.110 e. The second-order valence-electron chi connectivity index (χ2n) is 3.16. The number of nitrogens with zero attached hydrogens (tertiary/aromatic N) is 2. The van der Waals surface area contributed by atoms with Crippen LogP contribution in [-0.2, 0) is 6.42 Å². The smallest absolute Gasteiger partial charge is 0.110 e. The molecule has 0 fully saturated rings. The molecule has 2 rings (SSSR count). The lowest BCUT2D eigenvalue weighted by molar-refractivity contribution is 0.781. The summed E-state index contributed by atoms with van der Waals surface area (Å²) >= 11 is 0. The highest BCUT2D eigenvalue weighted by Crippen LogP contribution is 2.13. The van der Waals surface area contributed by atoms with Gasteiger partial charge in [-0.05, 0) is 18.9 Å². The van der Waals surface area contributed by atoms with Gasteiger partial charge in [0, 0.05) is 6.20 Å². The van der Waals surface area contributed by atoms with Crippen molar-refractivity contribution < 1.29 is 0 Å². The van der Waals surface area contributed by atoms with Crippen LogP contribution in [0.2, 0.25) is 0 Å². The molecule has 68 valence electrons. The van der Waals surface area contributed by atoms with Crippen LogP contribution in [0.1, 0.15) is 25.5 Å². The van der Waals surface area contributed by atoms with E-state index in [0.717, 1.165) is 23.1 Å². The van der Waals surface area contributed by atoms with Crippen molar-refractivity contribution in [3.05, 3.63) is 24.3 Å². The van der Waals surface area contributed by atoms with Crippen LogP contribution in [0.4, 0.5) is 0 Å². The van der Waals surface area contributed by atoms with E-state index in [0.29, 0.717) is 0 Å². The van der Waals surface area contributed by atoms with Crippen molar-refractivity contribution in [2.45, 2.75) is 26.2 Å². The topological polar surface area (TPSA) is 41.6 Å². The summed E-state index contributed by atoms with van der Waals surface area (Å²) in [5.41, 5.74) is 3.22. The van der Waals surface area contributed by atoms with Crippen molar-refractivity contribution in [2.24, 2.45) is 0 Å². The van der Waals surface area contributed by atoms with Crippen molar-refractivity contribution in [2.75, 3.05) is 0 Å². The molecule has 3 heteroatoms. The van der Waals surface area contributed by atoms with Crippen LogP contribution in [0.15, 0.2) is 18.6 Å². The van der Waals surface area contributed by atoms with Crippen LogP contribution in [0.25, 0.3) is 11.0 Å². The Bertz CT molecular complexity index is 392. The number of rotatable bonds is 3. The van der Waals surface area contributed by atoms with E-state index in [1.807, 2.05) is 12.3 Å². The summed E-state index contributed by atoms with van der Waals surface area (Å²) in [5, 5.41) is 0. The fourth-order valence-electron chi connectivity index (χ4n) is 1.45. The minimum absolute atomic E-state index is 1.02. The standard InChI is InChI=1S/C10H13N3/c1-2-3-4-8-10-9(5-6-11-8)12-7-13-10/h5-7H,2-4H2,1H3,(H,12,13). The molecule has 0 atom stereocenters. The minimum atomic E-state index is 1.02. The molecule has 0 aliphatic heterocycles. The summed E-state index contributed by atoms with van der Waals surface area (Å²) in [6, 6.07) is 1.96. The molecule has 2 aromatic rings. The lowest BCUT2D eigenvalue weighted by Gasteiger charge is -1.98. The van der Waals surface area contributed by atoms with Gasteiger partial charge in [0.2, 0.25) is 0 Å². The van der Waals surface area contributed by atoms with Crippen LogP contribution in [0.5, 0.6) is 0 Å². The molecule has 2 heterocycles. The van der Waals surface area contributed by atoms with Crippen LogP contribution in [0, 0.1) is 0 Å². The highest BCUT2D eigenvalue weighted by atomic mass is 14.9. The molecule has 0 aliphatic carbocycles. The fraction of sp³-hybridized carbons (Fsp3) is 0.400. The third-order valence-electron chi connectivity index (χ3n) is 2.18. The Morgan fingerprint density at radius 1 is 1.38 bits per heavy atom. The molecule has 1 N–H and O–H groups in total. The van der Waals surface area contributed by atoms with Gasteiger partial charge in [-0.15, -0.1) is 0 Å². The van der Waals surface area contributed by atoms with E-state index in [-0.39, 0.29) is 0 Å². The highest BCUT2D eigenvalue weighted by molar-refractivity contribution is 5.76. The monoisotopic (exact) mass is 175 g/mol. The van der Waals surface area contributed by atoms with E-state index < -0.39 is 0 Å². The van der Waals surface area contributed by atoms with Crippen molar-refractivity contribution >= 4 is 11.0 Å². The molecule has 0 aliphatic rings. The van der Waals surface area contributed by atoms with Gasteiger partial charge in [0.05, 0.1) is 17.5 Å². The molecule has 13 heavy (non-hydrogen) atoms. The number of pyridine rings is 1. The fourth-order valence-corrected chi connectivity index (χ4v) is 1.45. The van der Waals surface area contributed by atoms with Gasteiger partial charge in [0.1, 0.15) is 5.52 Å². The van der Waals surface area contributed by atoms with E-state index >= 15 is 0 Å². The second kappa shape index (κ2) is 3.56. The van der Waals surface area contributed by atoms with Gasteiger partial charge < -0.3 is 4.98 Å². The van der Waals surface area contributed by atoms with E-state index in [2.05, 4.69) is 21.9 Å². The SMILES string of the molecule is CCCCc1nccc2[nH]cnc12. The number of aromatic amines is 1. The first-order chi connectivity index (χ1) is 6.42. The first-order valence-electron chi connectivity index (χ1n) is 4.68. The molecule has 0 saturated heterocycles. The number of hydrogen-bond acceptors (Lipinski definition) is 2. The largest absolute Gasteiger partial charge is 0.344 e. The Morgan fingerprint density at radius 3 is 3.15 bits per heavy atom. The van der Waals surface area contributed by atoms with Crippen molar-refractivity contribution in [3.8, 4) is 0 Å². The molecule has 0 saturated carbocycles. The van der Waals surface area contributed by atoms with E-state index in [9.17, 15) is 0 Å². The number of H-pyrrole nitrogens is 1. The average molecular weight is 175 g/mol. The van der Waals surface area contributed by atoms with Crippen molar-refractivity contribution in [3.63, 3.8) is 0 Å². The van der Waals surface area contributed by atoms with Gasteiger partial charge in [0.15, 0.2) is 0 Å². The van der Waals surface area contributed by atoms with Gasteiger partial charge in [-0.3, -0.25) is 4.98 Å². The summed E-state index contributed by atoms with van der Waals surface area (Å²) in [5.74, 6) is 0. The van der Waals surface area contributed by atoms with Crippen LogP contribution in [-0.4, -0.2) is 15.0 Å². The summed E-state index contributed by atoms with van der Waals surface area (Å²) in [6.45, 7) is 2.19. The maximum atomic E-state index is 4.33. The summed E-state index contributed by atoms with van der Waals surface area (Å²) in [4.78, 5) is 11.7. The lowest BCUT2D eigenvalue weighted by atomic mass is 10.1. The molecule has 0 amide bonds. The number of hydrogen-bond donors (Lipinski definition) is 1. The molecular weight excluding hydrogens is 162 g/mol. The summed E-state index contributed by atoms with van der Waals surface area (Å²) in [6.07, 6.45) is 6.97. The van der Waals surface area contributed by atoms with Gasteiger partial charge in [0.25, 0.3) is 0 Å². The summed E-state index contributed by atoms with van der Waals surface area (Å²) in [7, 11) is 0. The Balaban J connectivity index is 2.37. The zero-order chi connectivity index (χ0) is 9.10. The Kier molecular flexibility index (Phi) is 2.25. The molecular formula is C10H13N3. The van der Waals surface area contributed by atoms with Crippen LogP contribution < -0.4 is 0 Å². The van der Waals surface area contributed by atoms with Crippen LogP contribution >= 0.6 is 0 Å². The van der Waals surface area contributed by atoms with Gasteiger partial charge >= 0.3 is 0 Å². The number of nitrogens with one attached hydrogen (secondary N) is 1. The number of unbranched alkanes of at least 4 members (excludes halogenated alkanes) is 1. The van der Waals surface area contributed by atoms with Gasteiger partial charge in [-0.2, -0.15) is 0 Å². The van der Waals surface area contributed by atoms with Gasteiger partial charge in [-0.1, -0.05) is 13.3 Å². The van der Waals surface area contributed by atoms with Gasteiger partial charge in [-0.25, -0.2) is 4.98 Å². The Hall–Kier alpha value is -1.38. The molecule has 0 unspecified atom stereocenters. The predicted octanol–water partition coefficient (Wildman–Crippen LogP) is 2.30. The minimum Gasteiger partial charge on any atom is -0.344 e. The highest BCUT2D eigenvalue weighted by Gasteiger charge is 2.02. The third-order valence-corrected chi connectivity index (χ3v) is 2.18. The predicted molar refractivity (Wildman–Crippen MR) is 52.5 cm³/mol. The first kappa shape index (κ1) is 8.23. The molecule has 0 aromatic carbocycles.